The molecule has 4 nitrogen and oxygen atoms in total. The first-order chi connectivity index (χ1) is 11.0. The van der Waals surface area contributed by atoms with Crippen LogP contribution in [0.4, 0.5) is 26.3 Å². The Morgan fingerprint density at radius 3 is 1.72 bits per heavy atom. The van der Waals surface area contributed by atoms with E-state index >= 15 is 0 Å². The average Bonchev–Trinajstić information content (AvgIpc) is 2.31. The third-order valence-corrected chi connectivity index (χ3v) is 3.23. The van der Waals surface area contributed by atoms with Gasteiger partial charge >= 0.3 is 24.3 Å². The highest BCUT2D eigenvalue weighted by Crippen LogP contribution is 2.33. The average molecular weight is 380 g/mol. The van der Waals surface area contributed by atoms with Crippen molar-refractivity contribution in [1.82, 2.24) is 0 Å². The van der Waals surface area contributed by atoms with Crippen molar-refractivity contribution in [2.45, 2.75) is 70.8 Å². The van der Waals surface area contributed by atoms with Crippen LogP contribution in [0.15, 0.2) is 0 Å². The first-order valence-electron chi connectivity index (χ1n) is 7.61. The molecule has 0 radical (unpaired) electrons. The molecule has 0 aliphatic carbocycles. The molecular weight excluding hydrogens is 358 g/mol. The van der Waals surface area contributed by atoms with E-state index in [1.54, 1.807) is 0 Å². The number of hydrogen-bond acceptors (Lipinski definition) is 3. The molecular formula is C15H22F6O4. The van der Waals surface area contributed by atoms with Gasteiger partial charge in [-0.3, -0.25) is 9.59 Å². The number of esters is 1. The maximum atomic E-state index is 12.4. The third-order valence-electron chi connectivity index (χ3n) is 3.23. The van der Waals surface area contributed by atoms with Gasteiger partial charge in [0.2, 0.25) is 0 Å². The minimum Gasteiger partial charge on any atom is -0.481 e. The van der Waals surface area contributed by atoms with Crippen molar-refractivity contribution < 1.29 is 45.8 Å². The molecule has 0 heterocycles. The fourth-order valence-corrected chi connectivity index (χ4v) is 2.20. The Morgan fingerprint density at radius 2 is 1.36 bits per heavy atom. The van der Waals surface area contributed by atoms with Gasteiger partial charge in [-0.05, 0) is 40.0 Å². The van der Waals surface area contributed by atoms with Crippen LogP contribution < -0.4 is 0 Å². The van der Waals surface area contributed by atoms with Crippen LogP contribution >= 0.6 is 0 Å². The van der Waals surface area contributed by atoms with Crippen molar-refractivity contribution in [1.29, 1.82) is 0 Å². The van der Waals surface area contributed by atoms with E-state index in [1.165, 1.54) is 20.8 Å². The molecule has 0 fully saturated rings. The van der Waals surface area contributed by atoms with Gasteiger partial charge in [-0.15, -0.1) is 0 Å². The summed E-state index contributed by atoms with van der Waals surface area (Å²) in [4.78, 5) is 23.4. The van der Waals surface area contributed by atoms with Gasteiger partial charge in [0.05, 0.1) is 11.8 Å². The first-order valence-corrected chi connectivity index (χ1v) is 7.61. The zero-order valence-corrected chi connectivity index (χ0v) is 14.1. The van der Waals surface area contributed by atoms with Crippen LogP contribution in [0.3, 0.4) is 0 Å². The first kappa shape index (κ1) is 23.5. The molecule has 0 saturated heterocycles. The summed E-state index contributed by atoms with van der Waals surface area (Å²) < 4.78 is 78.9. The number of carboxylic acid groups (broad SMARTS) is 1. The number of halogens is 6. The zero-order valence-electron chi connectivity index (χ0n) is 14.1. The smallest absolute Gasteiger partial charge is 0.389 e. The summed E-state index contributed by atoms with van der Waals surface area (Å²) in [6, 6.07) is 0. The number of alkyl halides is 6. The van der Waals surface area contributed by atoms with Crippen LogP contribution in [-0.2, 0) is 14.3 Å². The topological polar surface area (TPSA) is 63.6 Å². The Kier molecular flexibility index (Phi) is 8.23. The Labute approximate surface area is 141 Å². The Balaban J connectivity index is 5.25. The maximum Gasteiger partial charge on any atom is 0.389 e. The summed E-state index contributed by atoms with van der Waals surface area (Å²) >= 11 is 0. The van der Waals surface area contributed by atoms with Crippen molar-refractivity contribution in [3.8, 4) is 0 Å². The van der Waals surface area contributed by atoms with Gasteiger partial charge in [0, 0.05) is 12.8 Å². The number of carboxylic acids is 1. The molecule has 0 saturated carbocycles. The summed E-state index contributed by atoms with van der Waals surface area (Å²) in [5, 5.41) is 9.18. The van der Waals surface area contributed by atoms with Crippen LogP contribution in [-0.4, -0.2) is 35.0 Å². The number of carbonyl (C=O) groups excluding carboxylic acids is 1. The van der Waals surface area contributed by atoms with E-state index in [0.717, 1.165) is 0 Å². The minimum atomic E-state index is -4.63. The van der Waals surface area contributed by atoms with Crippen molar-refractivity contribution in [3.63, 3.8) is 0 Å². The van der Waals surface area contributed by atoms with Crippen LogP contribution in [0.25, 0.3) is 0 Å². The van der Waals surface area contributed by atoms with E-state index < -0.39 is 73.8 Å². The molecule has 10 heteroatoms. The molecule has 0 amide bonds. The number of hydrogen-bond donors (Lipinski definition) is 1. The second kappa shape index (κ2) is 8.75. The quantitative estimate of drug-likeness (QED) is 0.489. The number of aliphatic carboxylic acids is 1. The Morgan fingerprint density at radius 1 is 0.880 bits per heavy atom. The van der Waals surface area contributed by atoms with Gasteiger partial charge in [0.25, 0.3) is 0 Å². The van der Waals surface area contributed by atoms with E-state index in [9.17, 15) is 41.0 Å². The molecule has 0 aliphatic heterocycles. The monoisotopic (exact) mass is 380 g/mol. The van der Waals surface area contributed by atoms with Crippen LogP contribution in [0.5, 0.6) is 0 Å². The van der Waals surface area contributed by atoms with E-state index in [-0.39, 0.29) is 0 Å². The van der Waals surface area contributed by atoms with Gasteiger partial charge in [-0.2, -0.15) is 26.3 Å². The molecule has 0 aromatic carbocycles. The van der Waals surface area contributed by atoms with Crippen LogP contribution in [0.1, 0.15) is 52.9 Å². The lowest BCUT2D eigenvalue weighted by Crippen LogP contribution is -2.36. The van der Waals surface area contributed by atoms with E-state index in [0.29, 0.717) is 0 Å². The molecule has 2 unspecified atom stereocenters. The lowest BCUT2D eigenvalue weighted by Gasteiger charge is -2.27. The lowest BCUT2D eigenvalue weighted by atomic mass is 9.84. The molecule has 1 N–H and O–H groups in total. The molecule has 148 valence electrons. The van der Waals surface area contributed by atoms with Gasteiger partial charge in [0.1, 0.15) is 5.60 Å². The highest BCUT2D eigenvalue weighted by atomic mass is 19.4. The number of rotatable bonds is 8. The minimum absolute atomic E-state index is 0.573. The molecule has 0 aliphatic rings. The fraction of sp³-hybridized carbons (Fsp3) is 0.867. The summed E-state index contributed by atoms with van der Waals surface area (Å²) in [6.45, 7) is 4.35. The Hall–Kier alpha value is -1.48. The predicted octanol–water partition coefficient (Wildman–Crippen LogP) is 4.72. The van der Waals surface area contributed by atoms with E-state index in [2.05, 4.69) is 0 Å². The highest BCUT2D eigenvalue weighted by Gasteiger charge is 2.40. The molecule has 25 heavy (non-hydrogen) atoms. The van der Waals surface area contributed by atoms with Crippen LogP contribution in [0, 0.1) is 11.8 Å². The third kappa shape index (κ3) is 11.7. The molecule has 0 bridgehead atoms. The molecule has 0 rings (SSSR count). The zero-order chi connectivity index (χ0) is 20.1. The lowest BCUT2D eigenvalue weighted by molar-refractivity contribution is -0.171. The number of ether oxygens (including phenoxy) is 1. The standard InChI is InChI=1S/C15H22F6O4/c1-13(2,3)25-12(24)10(6-8-15(19,20)21)9(11(22)23)5-4-7-14(16,17)18/h9-10H,4-8H2,1-3H3,(H,22,23). The summed E-state index contributed by atoms with van der Waals surface area (Å²) in [6.07, 6.45) is -13.9. The second-order valence-electron chi connectivity index (χ2n) is 6.75. The fourth-order valence-electron chi connectivity index (χ4n) is 2.20. The van der Waals surface area contributed by atoms with Crippen molar-refractivity contribution in [3.05, 3.63) is 0 Å². The predicted molar refractivity (Wildman–Crippen MR) is 75.7 cm³/mol. The maximum absolute atomic E-state index is 12.4. The summed E-state index contributed by atoms with van der Waals surface area (Å²) in [5.41, 5.74) is -1.07. The van der Waals surface area contributed by atoms with Gasteiger partial charge in [0.15, 0.2) is 0 Å². The van der Waals surface area contributed by atoms with Crippen molar-refractivity contribution >= 4 is 11.9 Å². The van der Waals surface area contributed by atoms with Crippen molar-refractivity contribution in [2.24, 2.45) is 11.8 Å². The summed E-state index contributed by atoms with van der Waals surface area (Å²) in [5.74, 6) is -6.14. The Bertz CT molecular complexity index is 450. The molecule has 0 spiro atoms. The largest absolute Gasteiger partial charge is 0.481 e. The van der Waals surface area contributed by atoms with E-state index in [4.69, 9.17) is 4.74 Å². The molecule has 0 aromatic heterocycles. The summed E-state index contributed by atoms with van der Waals surface area (Å²) in [7, 11) is 0. The number of carbonyl (C=O) groups is 2. The normalized spacial score (nSPS) is 15.6. The van der Waals surface area contributed by atoms with Gasteiger partial charge in [-0.1, -0.05) is 0 Å². The SMILES string of the molecule is CC(C)(C)OC(=O)C(CCC(F)(F)F)C(CCCC(F)(F)F)C(=O)O. The molecule has 0 aromatic rings. The van der Waals surface area contributed by atoms with E-state index in [1.807, 2.05) is 0 Å². The van der Waals surface area contributed by atoms with Crippen LogP contribution in [0.2, 0.25) is 0 Å². The highest BCUT2D eigenvalue weighted by molar-refractivity contribution is 5.81. The van der Waals surface area contributed by atoms with Crippen molar-refractivity contribution in [2.75, 3.05) is 0 Å². The second-order valence-corrected chi connectivity index (χ2v) is 6.75. The van der Waals surface area contributed by atoms with Gasteiger partial charge in [-0.25, -0.2) is 0 Å². The van der Waals surface area contributed by atoms with Gasteiger partial charge < -0.3 is 9.84 Å². The molecule has 2 atom stereocenters.